The molecule has 0 saturated carbocycles. The third kappa shape index (κ3) is 3.19. The molecule has 0 spiro atoms. The monoisotopic (exact) mass is 277 g/mol. The van der Waals surface area contributed by atoms with E-state index in [1.54, 1.807) is 6.20 Å². The van der Waals surface area contributed by atoms with Gasteiger partial charge >= 0.3 is 0 Å². The van der Waals surface area contributed by atoms with Crippen molar-refractivity contribution in [3.05, 3.63) is 54.7 Å². The molecule has 1 aromatic heterocycles. The summed E-state index contributed by atoms with van der Waals surface area (Å²) in [7, 11) is 0. The smallest absolute Gasteiger partial charge is 0.223 e. The van der Waals surface area contributed by atoms with Crippen LogP contribution in [0.25, 0.3) is 22.0 Å². The van der Waals surface area contributed by atoms with Crippen LogP contribution in [-0.2, 0) is 0 Å². The molecule has 0 atom stereocenters. The molecule has 3 nitrogen and oxygen atoms in total. The van der Waals surface area contributed by atoms with E-state index >= 15 is 0 Å². The van der Waals surface area contributed by atoms with Gasteiger partial charge in [0.05, 0.1) is 5.69 Å². The minimum atomic E-state index is 0.568. The van der Waals surface area contributed by atoms with Crippen LogP contribution in [0.4, 0.5) is 5.95 Å². The molecular weight excluding hydrogens is 258 g/mol. The van der Waals surface area contributed by atoms with Gasteiger partial charge < -0.3 is 5.32 Å². The Bertz CT molecular complexity index is 750. The number of fused-ring (bicyclic) bond motifs is 1. The number of nitrogens with one attached hydrogen (secondary N) is 1. The lowest BCUT2D eigenvalue weighted by Crippen LogP contribution is -2.10. The second-order valence-electron chi connectivity index (χ2n) is 5.60. The molecule has 3 rings (SSSR count). The highest BCUT2D eigenvalue weighted by molar-refractivity contribution is 5.86. The minimum Gasteiger partial charge on any atom is -0.354 e. The van der Waals surface area contributed by atoms with Crippen molar-refractivity contribution in [3.8, 4) is 11.3 Å². The molecule has 2 aromatic carbocycles. The van der Waals surface area contributed by atoms with E-state index in [2.05, 4.69) is 71.6 Å². The van der Waals surface area contributed by atoms with E-state index in [-0.39, 0.29) is 0 Å². The molecule has 21 heavy (non-hydrogen) atoms. The second-order valence-corrected chi connectivity index (χ2v) is 5.60. The Morgan fingerprint density at radius 1 is 1.00 bits per heavy atom. The third-order valence-corrected chi connectivity index (χ3v) is 3.37. The van der Waals surface area contributed by atoms with E-state index in [4.69, 9.17) is 0 Å². The Labute approximate surface area is 125 Å². The van der Waals surface area contributed by atoms with Crippen molar-refractivity contribution in [2.75, 3.05) is 11.9 Å². The number of hydrogen-bond donors (Lipinski definition) is 1. The van der Waals surface area contributed by atoms with Crippen LogP contribution in [0.15, 0.2) is 54.7 Å². The lowest BCUT2D eigenvalue weighted by Gasteiger charge is -2.09. The standard InChI is InChI=1S/C18H19N3/c1-13(2)12-20-18-19-10-9-17(21-18)16-8-7-14-5-3-4-6-15(14)11-16/h3-11,13H,12H2,1-2H3,(H,19,20,21). The molecule has 0 bridgehead atoms. The average molecular weight is 277 g/mol. The lowest BCUT2D eigenvalue weighted by atomic mass is 10.1. The van der Waals surface area contributed by atoms with Gasteiger partial charge in [-0.25, -0.2) is 9.97 Å². The number of nitrogens with zero attached hydrogens (tertiary/aromatic N) is 2. The third-order valence-electron chi connectivity index (χ3n) is 3.37. The maximum atomic E-state index is 4.60. The SMILES string of the molecule is CC(C)CNc1nccc(-c2ccc3ccccc3c2)n1. The van der Waals surface area contributed by atoms with Crippen LogP contribution < -0.4 is 5.32 Å². The van der Waals surface area contributed by atoms with E-state index in [1.807, 2.05) is 6.07 Å². The van der Waals surface area contributed by atoms with Gasteiger partial charge in [-0.15, -0.1) is 0 Å². The zero-order valence-electron chi connectivity index (χ0n) is 12.4. The summed E-state index contributed by atoms with van der Waals surface area (Å²) in [5, 5.41) is 5.74. The summed E-state index contributed by atoms with van der Waals surface area (Å²) >= 11 is 0. The van der Waals surface area contributed by atoms with E-state index in [1.165, 1.54) is 10.8 Å². The summed E-state index contributed by atoms with van der Waals surface area (Å²) in [6, 6.07) is 16.7. The molecule has 0 amide bonds. The maximum absolute atomic E-state index is 4.60. The molecule has 0 radical (unpaired) electrons. The van der Waals surface area contributed by atoms with Gasteiger partial charge in [-0.3, -0.25) is 0 Å². The molecule has 0 saturated heterocycles. The summed E-state index contributed by atoms with van der Waals surface area (Å²) in [5.74, 6) is 1.26. The highest BCUT2D eigenvalue weighted by Gasteiger charge is 2.04. The van der Waals surface area contributed by atoms with E-state index in [0.29, 0.717) is 11.9 Å². The predicted molar refractivity (Wildman–Crippen MR) is 88.3 cm³/mol. The fraction of sp³-hybridized carbons (Fsp3) is 0.222. The predicted octanol–water partition coefficient (Wildman–Crippen LogP) is 4.36. The van der Waals surface area contributed by atoms with Crippen LogP contribution in [-0.4, -0.2) is 16.5 Å². The fourth-order valence-electron chi connectivity index (χ4n) is 2.25. The van der Waals surface area contributed by atoms with Gasteiger partial charge in [0.2, 0.25) is 5.95 Å². The Morgan fingerprint density at radius 2 is 1.81 bits per heavy atom. The van der Waals surface area contributed by atoms with Gasteiger partial charge in [0.15, 0.2) is 0 Å². The highest BCUT2D eigenvalue weighted by Crippen LogP contribution is 2.23. The fourth-order valence-corrected chi connectivity index (χ4v) is 2.25. The molecule has 1 heterocycles. The van der Waals surface area contributed by atoms with Gasteiger partial charge in [0.1, 0.15) is 0 Å². The average Bonchev–Trinajstić information content (AvgIpc) is 2.53. The first-order valence-electron chi connectivity index (χ1n) is 7.28. The van der Waals surface area contributed by atoms with Crippen molar-refractivity contribution < 1.29 is 0 Å². The second kappa shape index (κ2) is 5.92. The van der Waals surface area contributed by atoms with Gasteiger partial charge in [0, 0.05) is 18.3 Å². The van der Waals surface area contributed by atoms with Gasteiger partial charge in [-0.1, -0.05) is 50.2 Å². The van der Waals surface area contributed by atoms with Crippen molar-refractivity contribution in [2.24, 2.45) is 5.92 Å². The van der Waals surface area contributed by atoms with E-state index in [9.17, 15) is 0 Å². The van der Waals surface area contributed by atoms with Crippen LogP contribution in [0.2, 0.25) is 0 Å². The molecule has 106 valence electrons. The zero-order valence-corrected chi connectivity index (χ0v) is 12.4. The van der Waals surface area contributed by atoms with Crippen molar-refractivity contribution in [2.45, 2.75) is 13.8 Å². The summed E-state index contributed by atoms with van der Waals surface area (Å²) in [4.78, 5) is 8.88. The number of benzene rings is 2. The van der Waals surface area contributed by atoms with Crippen LogP contribution in [0.3, 0.4) is 0 Å². The van der Waals surface area contributed by atoms with Crippen molar-refractivity contribution in [3.63, 3.8) is 0 Å². The molecule has 0 fully saturated rings. The van der Waals surface area contributed by atoms with E-state index in [0.717, 1.165) is 17.8 Å². The summed E-state index contributed by atoms with van der Waals surface area (Å²) in [6.07, 6.45) is 1.81. The van der Waals surface area contributed by atoms with Crippen LogP contribution in [0.1, 0.15) is 13.8 Å². The maximum Gasteiger partial charge on any atom is 0.223 e. The number of hydrogen-bond acceptors (Lipinski definition) is 3. The first kappa shape index (κ1) is 13.6. The Hall–Kier alpha value is -2.42. The summed E-state index contributed by atoms with van der Waals surface area (Å²) < 4.78 is 0. The number of rotatable bonds is 4. The molecule has 3 heteroatoms. The summed E-state index contributed by atoms with van der Waals surface area (Å²) in [5.41, 5.74) is 2.06. The van der Waals surface area contributed by atoms with Crippen LogP contribution >= 0.6 is 0 Å². The van der Waals surface area contributed by atoms with Crippen molar-refractivity contribution >= 4 is 16.7 Å². The van der Waals surface area contributed by atoms with Crippen molar-refractivity contribution in [1.29, 1.82) is 0 Å². The number of aromatic nitrogens is 2. The molecule has 3 aromatic rings. The van der Waals surface area contributed by atoms with Gasteiger partial charge in [0.25, 0.3) is 0 Å². The molecule has 0 aliphatic rings. The van der Waals surface area contributed by atoms with Crippen molar-refractivity contribution in [1.82, 2.24) is 9.97 Å². The lowest BCUT2D eigenvalue weighted by molar-refractivity contribution is 0.684. The quantitative estimate of drug-likeness (QED) is 0.769. The molecular formula is C18H19N3. The topological polar surface area (TPSA) is 37.8 Å². The molecule has 1 N–H and O–H groups in total. The molecule has 0 aliphatic carbocycles. The van der Waals surface area contributed by atoms with Gasteiger partial charge in [-0.2, -0.15) is 0 Å². The van der Waals surface area contributed by atoms with E-state index < -0.39 is 0 Å². The molecule has 0 unspecified atom stereocenters. The first-order valence-corrected chi connectivity index (χ1v) is 7.28. The zero-order chi connectivity index (χ0) is 14.7. The molecule has 0 aliphatic heterocycles. The summed E-state index contributed by atoms with van der Waals surface area (Å²) in [6.45, 7) is 5.21. The Kier molecular flexibility index (Phi) is 3.82. The van der Waals surface area contributed by atoms with Gasteiger partial charge in [-0.05, 0) is 28.8 Å². The Balaban J connectivity index is 1.92. The minimum absolute atomic E-state index is 0.568. The van der Waals surface area contributed by atoms with Crippen LogP contribution in [0.5, 0.6) is 0 Å². The van der Waals surface area contributed by atoms with Crippen LogP contribution in [0, 0.1) is 5.92 Å². The normalized spacial score (nSPS) is 11.0. The Morgan fingerprint density at radius 3 is 2.62 bits per heavy atom. The highest BCUT2D eigenvalue weighted by atomic mass is 15.1. The largest absolute Gasteiger partial charge is 0.354 e. The first-order chi connectivity index (χ1) is 10.2. The number of anilines is 1.